The van der Waals surface area contributed by atoms with Crippen molar-refractivity contribution in [2.45, 2.75) is 6.36 Å². The van der Waals surface area contributed by atoms with Crippen molar-refractivity contribution in [1.29, 1.82) is 0 Å². The van der Waals surface area contributed by atoms with E-state index in [2.05, 4.69) is 31.0 Å². The summed E-state index contributed by atoms with van der Waals surface area (Å²) in [6, 6.07) is 7.49. The van der Waals surface area contributed by atoms with Crippen LogP contribution in [0.3, 0.4) is 0 Å². The van der Waals surface area contributed by atoms with Crippen molar-refractivity contribution in [2.24, 2.45) is 0 Å². The largest absolute Gasteiger partial charge is 0.573 e. The van der Waals surface area contributed by atoms with E-state index >= 15 is 0 Å². The van der Waals surface area contributed by atoms with Gasteiger partial charge in [0.2, 0.25) is 0 Å². The minimum Gasteiger partial charge on any atom is -0.405 e. The van der Waals surface area contributed by atoms with Crippen LogP contribution in [-0.4, -0.2) is 11.3 Å². The molecule has 0 aliphatic heterocycles. The van der Waals surface area contributed by atoms with Gasteiger partial charge in [-0.05, 0) is 46.3 Å². The molecule has 106 valence electrons. The van der Waals surface area contributed by atoms with Crippen LogP contribution in [0.25, 0.3) is 0 Å². The summed E-state index contributed by atoms with van der Waals surface area (Å²) >= 11 is 3.02. The van der Waals surface area contributed by atoms with Crippen molar-refractivity contribution in [3.63, 3.8) is 0 Å². The number of nitrogen functional groups attached to an aromatic ring is 1. The first-order valence-electron chi connectivity index (χ1n) is 5.38. The lowest BCUT2D eigenvalue weighted by Gasteiger charge is -2.13. The van der Waals surface area contributed by atoms with Gasteiger partial charge in [-0.1, -0.05) is 0 Å². The molecule has 0 fully saturated rings. The monoisotopic (exact) mass is 347 g/mol. The van der Waals surface area contributed by atoms with Gasteiger partial charge < -0.3 is 15.8 Å². The maximum absolute atomic E-state index is 12.1. The molecule has 0 amide bonds. The molecule has 0 unspecified atom stereocenters. The summed E-state index contributed by atoms with van der Waals surface area (Å²) in [5.41, 5.74) is 6.77. The number of rotatable bonds is 3. The molecule has 1 aromatic heterocycles. The molecular formula is C12H9BrF3N3O. The third kappa shape index (κ3) is 3.77. The van der Waals surface area contributed by atoms with Crippen LogP contribution in [0.15, 0.2) is 41.0 Å². The summed E-state index contributed by atoms with van der Waals surface area (Å²) in [5, 5.41) is 2.95. The standard InChI is InChI=1S/C12H9BrF3N3O/c13-8-6-7(3-4-10(8)20-12(14,15)16)19-9-2-1-5-18-11(9)17/h1-6,19H,(H2,17,18). The van der Waals surface area contributed by atoms with Crippen LogP contribution in [-0.2, 0) is 0 Å². The van der Waals surface area contributed by atoms with Crippen LogP contribution in [0.2, 0.25) is 0 Å². The number of pyridine rings is 1. The fourth-order valence-electron chi connectivity index (χ4n) is 1.46. The number of aromatic nitrogens is 1. The molecule has 20 heavy (non-hydrogen) atoms. The van der Waals surface area contributed by atoms with E-state index in [0.717, 1.165) is 0 Å². The SMILES string of the molecule is Nc1ncccc1Nc1ccc(OC(F)(F)F)c(Br)c1. The molecular weight excluding hydrogens is 339 g/mol. The molecule has 2 rings (SSSR count). The van der Waals surface area contributed by atoms with Gasteiger partial charge in [0, 0.05) is 11.9 Å². The van der Waals surface area contributed by atoms with E-state index in [1.165, 1.54) is 24.4 Å². The van der Waals surface area contributed by atoms with Gasteiger partial charge in [0.15, 0.2) is 0 Å². The number of ether oxygens (including phenoxy) is 1. The average molecular weight is 348 g/mol. The fourth-order valence-corrected chi connectivity index (χ4v) is 1.92. The normalized spacial score (nSPS) is 11.2. The van der Waals surface area contributed by atoms with E-state index in [1.54, 1.807) is 12.1 Å². The van der Waals surface area contributed by atoms with E-state index in [1.807, 2.05) is 0 Å². The van der Waals surface area contributed by atoms with Crippen LogP contribution < -0.4 is 15.8 Å². The molecule has 0 saturated carbocycles. The molecule has 0 saturated heterocycles. The Kier molecular flexibility index (Phi) is 4.03. The predicted molar refractivity (Wildman–Crippen MR) is 72.8 cm³/mol. The lowest BCUT2D eigenvalue weighted by molar-refractivity contribution is -0.274. The van der Waals surface area contributed by atoms with Gasteiger partial charge in [-0.3, -0.25) is 0 Å². The highest BCUT2D eigenvalue weighted by Crippen LogP contribution is 2.33. The van der Waals surface area contributed by atoms with Gasteiger partial charge in [-0.15, -0.1) is 13.2 Å². The second-order valence-corrected chi connectivity index (χ2v) is 4.61. The molecule has 2 aromatic rings. The summed E-state index contributed by atoms with van der Waals surface area (Å²) < 4.78 is 40.4. The third-order valence-electron chi connectivity index (χ3n) is 2.28. The van der Waals surface area contributed by atoms with E-state index in [9.17, 15) is 13.2 Å². The summed E-state index contributed by atoms with van der Waals surface area (Å²) in [7, 11) is 0. The number of alkyl halides is 3. The van der Waals surface area contributed by atoms with E-state index in [0.29, 0.717) is 17.2 Å². The Bertz CT molecular complexity index is 619. The number of anilines is 3. The lowest BCUT2D eigenvalue weighted by atomic mass is 10.3. The molecule has 1 aromatic carbocycles. The van der Waals surface area contributed by atoms with E-state index in [-0.39, 0.29) is 10.2 Å². The number of nitrogens with zero attached hydrogens (tertiary/aromatic N) is 1. The second-order valence-electron chi connectivity index (χ2n) is 3.75. The molecule has 0 bridgehead atoms. The van der Waals surface area contributed by atoms with Crippen molar-refractivity contribution in [2.75, 3.05) is 11.1 Å². The molecule has 4 nitrogen and oxygen atoms in total. The van der Waals surface area contributed by atoms with Gasteiger partial charge in [-0.25, -0.2) is 4.98 Å². The molecule has 1 heterocycles. The van der Waals surface area contributed by atoms with Gasteiger partial charge in [0.1, 0.15) is 11.6 Å². The smallest absolute Gasteiger partial charge is 0.405 e. The first kappa shape index (κ1) is 14.4. The number of halogens is 4. The Hall–Kier alpha value is -1.96. The quantitative estimate of drug-likeness (QED) is 0.878. The first-order chi connectivity index (χ1) is 9.35. The molecule has 0 spiro atoms. The van der Waals surface area contributed by atoms with E-state index < -0.39 is 6.36 Å². The highest BCUT2D eigenvalue weighted by atomic mass is 79.9. The number of nitrogens with one attached hydrogen (secondary N) is 1. The molecule has 8 heteroatoms. The Morgan fingerprint density at radius 2 is 2.00 bits per heavy atom. The number of hydrogen-bond donors (Lipinski definition) is 2. The Morgan fingerprint density at radius 1 is 1.25 bits per heavy atom. The van der Waals surface area contributed by atoms with Crippen LogP contribution in [0, 0.1) is 0 Å². The van der Waals surface area contributed by atoms with Crippen LogP contribution in [0.1, 0.15) is 0 Å². The first-order valence-corrected chi connectivity index (χ1v) is 6.17. The van der Waals surface area contributed by atoms with Gasteiger partial charge in [0.25, 0.3) is 0 Å². The summed E-state index contributed by atoms with van der Waals surface area (Å²) in [5.74, 6) is -0.0264. The summed E-state index contributed by atoms with van der Waals surface area (Å²) in [6.45, 7) is 0. The van der Waals surface area contributed by atoms with E-state index in [4.69, 9.17) is 5.73 Å². The van der Waals surface area contributed by atoms with Crippen LogP contribution in [0.5, 0.6) is 5.75 Å². The Labute approximate surface area is 120 Å². The topological polar surface area (TPSA) is 60.2 Å². The van der Waals surface area contributed by atoms with Gasteiger partial charge in [0.05, 0.1) is 10.2 Å². The van der Waals surface area contributed by atoms with Crippen molar-refractivity contribution in [3.05, 3.63) is 41.0 Å². The number of nitrogens with two attached hydrogens (primary N) is 1. The number of hydrogen-bond acceptors (Lipinski definition) is 4. The maximum atomic E-state index is 12.1. The second kappa shape index (κ2) is 5.58. The van der Waals surface area contributed by atoms with Gasteiger partial charge in [-0.2, -0.15) is 0 Å². The zero-order valence-electron chi connectivity index (χ0n) is 9.91. The zero-order chi connectivity index (χ0) is 14.8. The summed E-state index contributed by atoms with van der Waals surface area (Å²) in [4.78, 5) is 3.89. The predicted octanol–water partition coefficient (Wildman–Crippen LogP) is 4.07. The van der Waals surface area contributed by atoms with Gasteiger partial charge >= 0.3 is 6.36 Å². The highest BCUT2D eigenvalue weighted by Gasteiger charge is 2.31. The zero-order valence-corrected chi connectivity index (χ0v) is 11.5. The van der Waals surface area contributed by atoms with Crippen LogP contribution >= 0.6 is 15.9 Å². The third-order valence-corrected chi connectivity index (χ3v) is 2.89. The number of benzene rings is 1. The Morgan fingerprint density at radius 3 is 2.60 bits per heavy atom. The minimum absolute atomic E-state index is 0.169. The van der Waals surface area contributed by atoms with Crippen molar-refractivity contribution in [3.8, 4) is 5.75 Å². The maximum Gasteiger partial charge on any atom is 0.573 e. The molecule has 0 aliphatic carbocycles. The average Bonchev–Trinajstić information content (AvgIpc) is 2.34. The minimum atomic E-state index is -4.73. The molecule has 3 N–H and O–H groups in total. The lowest BCUT2D eigenvalue weighted by Crippen LogP contribution is -2.17. The molecule has 0 aliphatic rings. The van der Waals surface area contributed by atoms with Crippen molar-refractivity contribution in [1.82, 2.24) is 4.98 Å². The van der Waals surface area contributed by atoms with Crippen LogP contribution in [0.4, 0.5) is 30.4 Å². The molecule has 0 atom stereocenters. The van der Waals surface area contributed by atoms with Crippen molar-refractivity contribution >= 4 is 33.1 Å². The molecule has 0 radical (unpaired) electrons. The fraction of sp³-hybridized carbons (Fsp3) is 0.0833. The summed E-state index contributed by atoms with van der Waals surface area (Å²) in [6.07, 6.45) is -3.19. The Balaban J connectivity index is 2.19. The highest BCUT2D eigenvalue weighted by molar-refractivity contribution is 9.10. The van der Waals surface area contributed by atoms with Crippen molar-refractivity contribution < 1.29 is 17.9 Å².